The molecular formula is C7H18N2O2. The zero-order valence-corrected chi connectivity index (χ0v) is 6.79. The van der Waals surface area contributed by atoms with Crippen molar-refractivity contribution in [1.29, 1.82) is 0 Å². The Morgan fingerprint density at radius 1 is 1.27 bits per heavy atom. The van der Waals surface area contributed by atoms with Gasteiger partial charge in [0.25, 0.3) is 0 Å². The van der Waals surface area contributed by atoms with Crippen LogP contribution in [-0.4, -0.2) is 36.1 Å². The number of aliphatic hydroxyl groups excluding tert-OH is 2. The maximum atomic E-state index is 8.83. The lowest BCUT2D eigenvalue weighted by Gasteiger charge is -2.08. The third-order valence-corrected chi connectivity index (χ3v) is 1.43. The fourth-order valence-corrected chi connectivity index (χ4v) is 0.779. The molecule has 4 nitrogen and oxygen atoms in total. The van der Waals surface area contributed by atoms with Crippen molar-refractivity contribution in [3.8, 4) is 0 Å². The average Bonchev–Trinajstić information content (AvgIpc) is 2.04. The van der Waals surface area contributed by atoms with Gasteiger partial charge in [0, 0.05) is 0 Å². The molecule has 0 aliphatic carbocycles. The predicted octanol–water partition coefficient (Wildman–Crippen LogP) is -0.984. The maximum Gasteiger partial charge on any atom is 0.128 e. The third kappa shape index (κ3) is 7.74. The molecule has 4 heteroatoms. The highest BCUT2D eigenvalue weighted by atomic mass is 16.3. The number of hydrogen-bond acceptors (Lipinski definition) is 4. The van der Waals surface area contributed by atoms with Crippen molar-refractivity contribution in [2.24, 2.45) is 5.73 Å². The van der Waals surface area contributed by atoms with Crippen molar-refractivity contribution in [2.45, 2.75) is 25.5 Å². The summed E-state index contributed by atoms with van der Waals surface area (Å²) < 4.78 is 0. The number of hydrogen-bond donors (Lipinski definition) is 4. The standard InChI is InChI=1S/C7H18N2O2/c8-4-2-1-3-5-9-7(11)6-10/h7,9-11H,1-6,8H2. The van der Waals surface area contributed by atoms with Crippen LogP contribution in [0.1, 0.15) is 19.3 Å². The topological polar surface area (TPSA) is 78.5 Å². The van der Waals surface area contributed by atoms with Crippen molar-refractivity contribution in [2.75, 3.05) is 19.7 Å². The Hall–Kier alpha value is -0.160. The Morgan fingerprint density at radius 2 is 2.00 bits per heavy atom. The molecule has 0 aromatic rings. The molecule has 1 unspecified atom stereocenters. The van der Waals surface area contributed by atoms with Gasteiger partial charge >= 0.3 is 0 Å². The van der Waals surface area contributed by atoms with Gasteiger partial charge < -0.3 is 15.9 Å². The normalized spacial score (nSPS) is 13.4. The predicted molar refractivity (Wildman–Crippen MR) is 44.0 cm³/mol. The van der Waals surface area contributed by atoms with Crippen LogP contribution in [0.3, 0.4) is 0 Å². The lowest BCUT2D eigenvalue weighted by Crippen LogP contribution is -2.32. The number of nitrogens with two attached hydrogens (primary N) is 1. The van der Waals surface area contributed by atoms with Gasteiger partial charge in [-0.15, -0.1) is 0 Å². The van der Waals surface area contributed by atoms with Gasteiger partial charge in [-0.2, -0.15) is 0 Å². The van der Waals surface area contributed by atoms with Crippen LogP contribution in [-0.2, 0) is 0 Å². The van der Waals surface area contributed by atoms with E-state index in [-0.39, 0.29) is 6.61 Å². The fraction of sp³-hybridized carbons (Fsp3) is 1.00. The quantitative estimate of drug-likeness (QED) is 0.286. The van der Waals surface area contributed by atoms with E-state index in [0.717, 1.165) is 32.4 Å². The van der Waals surface area contributed by atoms with E-state index in [2.05, 4.69) is 5.32 Å². The molecule has 68 valence electrons. The van der Waals surface area contributed by atoms with Crippen LogP contribution < -0.4 is 11.1 Å². The van der Waals surface area contributed by atoms with Crippen LogP contribution in [0.2, 0.25) is 0 Å². The molecule has 0 radical (unpaired) electrons. The summed E-state index contributed by atoms with van der Waals surface area (Å²) in [5.41, 5.74) is 5.29. The molecule has 5 N–H and O–H groups in total. The summed E-state index contributed by atoms with van der Waals surface area (Å²) in [6.45, 7) is 1.24. The highest BCUT2D eigenvalue weighted by Crippen LogP contribution is 1.91. The Labute approximate surface area is 67.4 Å². The zero-order valence-electron chi connectivity index (χ0n) is 6.79. The van der Waals surface area contributed by atoms with Gasteiger partial charge in [0.05, 0.1) is 6.61 Å². The number of unbranched alkanes of at least 4 members (excludes halogenated alkanes) is 2. The van der Waals surface area contributed by atoms with Crippen LogP contribution in [0.5, 0.6) is 0 Å². The van der Waals surface area contributed by atoms with Crippen molar-refractivity contribution >= 4 is 0 Å². The monoisotopic (exact) mass is 162 g/mol. The Balaban J connectivity index is 2.89. The molecule has 0 fully saturated rings. The highest BCUT2D eigenvalue weighted by Gasteiger charge is 1.97. The largest absolute Gasteiger partial charge is 0.392 e. The van der Waals surface area contributed by atoms with Crippen molar-refractivity contribution < 1.29 is 10.2 Å². The van der Waals surface area contributed by atoms with E-state index < -0.39 is 6.23 Å². The summed E-state index contributed by atoms with van der Waals surface area (Å²) in [6, 6.07) is 0. The van der Waals surface area contributed by atoms with Crippen molar-refractivity contribution in [1.82, 2.24) is 5.32 Å². The molecule has 0 aliphatic rings. The second-order valence-electron chi connectivity index (χ2n) is 2.50. The lowest BCUT2D eigenvalue weighted by atomic mass is 10.2. The van der Waals surface area contributed by atoms with Gasteiger partial charge in [0.15, 0.2) is 0 Å². The SMILES string of the molecule is NCCCCCNC(O)CO. The second-order valence-corrected chi connectivity index (χ2v) is 2.50. The number of rotatable bonds is 7. The first-order chi connectivity index (χ1) is 5.31. The molecule has 0 aromatic carbocycles. The van der Waals surface area contributed by atoms with Crippen LogP contribution in [0, 0.1) is 0 Å². The highest BCUT2D eigenvalue weighted by molar-refractivity contribution is 4.51. The van der Waals surface area contributed by atoms with E-state index >= 15 is 0 Å². The molecule has 0 amide bonds. The fourth-order valence-electron chi connectivity index (χ4n) is 0.779. The van der Waals surface area contributed by atoms with E-state index in [1.807, 2.05) is 0 Å². The van der Waals surface area contributed by atoms with Crippen LogP contribution >= 0.6 is 0 Å². The third-order valence-electron chi connectivity index (χ3n) is 1.43. The molecule has 0 aromatic heterocycles. The minimum atomic E-state index is -0.770. The minimum Gasteiger partial charge on any atom is -0.392 e. The molecular weight excluding hydrogens is 144 g/mol. The molecule has 0 bridgehead atoms. The first kappa shape index (κ1) is 10.8. The molecule has 0 spiro atoms. The molecule has 11 heavy (non-hydrogen) atoms. The van der Waals surface area contributed by atoms with E-state index in [4.69, 9.17) is 15.9 Å². The first-order valence-electron chi connectivity index (χ1n) is 4.03. The minimum absolute atomic E-state index is 0.225. The summed E-state index contributed by atoms with van der Waals surface area (Å²) in [7, 11) is 0. The summed E-state index contributed by atoms with van der Waals surface area (Å²) in [4.78, 5) is 0. The second kappa shape index (κ2) is 7.94. The Kier molecular flexibility index (Phi) is 7.83. The zero-order chi connectivity index (χ0) is 8.53. The van der Waals surface area contributed by atoms with Gasteiger partial charge in [-0.3, -0.25) is 5.32 Å². The Bertz CT molecular complexity index is 80.8. The number of aliphatic hydroxyl groups is 2. The molecule has 0 saturated carbocycles. The summed E-state index contributed by atoms with van der Waals surface area (Å²) in [5.74, 6) is 0. The molecule has 0 saturated heterocycles. The summed E-state index contributed by atoms with van der Waals surface area (Å²) in [6.07, 6.45) is 2.32. The van der Waals surface area contributed by atoms with Gasteiger partial charge in [0.1, 0.15) is 6.23 Å². The average molecular weight is 162 g/mol. The smallest absolute Gasteiger partial charge is 0.128 e. The summed E-state index contributed by atoms with van der Waals surface area (Å²) >= 11 is 0. The van der Waals surface area contributed by atoms with Gasteiger partial charge in [0.2, 0.25) is 0 Å². The van der Waals surface area contributed by atoms with E-state index in [1.54, 1.807) is 0 Å². The first-order valence-corrected chi connectivity index (χ1v) is 4.03. The summed E-state index contributed by atoms with van der Waals surface area (Å²) in [5, 5.41) is 20.0. The van der Waals surface area contributed by atoms with E-state index in [9.17, 15) is 0 Å². The van der Waals surface area contributed by atoms with Gasteiger partial charge in [-0.25, -0.2) is 0 Å². The molecule has 1 atom stereocenters. The lowest BCUT2D eigenvalue weighted by molar-refractivity contribution is 0.0679. The molecule has 0 heterocycles. The van der Waals surface area contributed by atoms with E-state index in [0.29, 0.717) is 0 Å². The maximum absolute atomic E-state index is 8.83. The van der Waals surface area contributed by atoms with Crippen molar-refractivity contribution in [3.63, 3.8) is 0 Å². The molecule has 0 aliphatic heterocycles. The Morgan fingerprint density at radius 3 is 2.55 bits per heavy atom. The van der Waals surface area contributed by atoms with Crippen molar-refractivity contribution in [3.05, 3.63) is 0 Å². The van der Waals surface area contributed by atoms with Gasteiger partial charge in [-0.05, 0) is 25.9 Å². The number of nitrogens with one attached hydrogen (secondary N) is 1. The van der Waals surface area contributed by atoms with E-state index in [1.165, 1.54) is 0 Å². The van der Waals surface area contributed by atoms with Crippen LogP contribution in [0.15, 0.2) is 0 Å². The van der Waals surface area contributed by atoms with Crippen LogP contribution in [0.4, 0.5) is 0 Å². The molecule has 0 rings (SSSR count). The van der Waals surface area contributed by atoms with Crippen LogP contribution in [0.25, 0.3) is 0 Å². The van der Waals surface area contributed by atoms with Gasteiger partial charge in [-0.1, -0.05) is 6.42 Å².